The topological polar surface area (TPSA) is 173 Å². The van der Waals surface area contributed by atoms with E-state index in [-0.39, 0.29) is 11.3 Å². The number of carboxylic acids is 2. The monoisotopic (exact) mass is 579 g/mol. The van der Waals surface area contributed by atoms with Crippen molar-refractivity contribution in [1.29, 1.82) is 0 Å². The molecule has 0 amide bonds. The zero-order chi connectivity index (χ0) is 30.3. The number of aliphatic hydroxyl groups is 1. The summed E-state index contributed by atoms with van der Waals surface area (Å²) in [5.41, 5.74) is 3.23. The average molecular weight is 579 g/mol. The van der Waals surface area contributed by atoms with Gasteiger partial charge in [-0.2, -0.15) is 26.3 Å². The van der Waals surface area contributed by atoms with Gasteiger partial charge in [-0.1, -0.05) is 12.1 Å². The van der Waals surface area contributed by atoms with Gasteiger partial charge in [0.15, 0.2) is 0 Å². The molecule has 0 radical (unpaired) electrons. The molecule has 40 heavy (non-hydrogen) atoms. The van der Waals surface area contributed by atoms with Crippen molar-refractivity contribution < 1.29 is 56.4 Å². The molecule has 16 heteroatoms. The summed E-state index contributed by atoms with van der Waals surface area (Å²) in [5, 5.41) is 38.8. The summed E-state index contributed by atoms with van der Waals surface area (Å²) < 4.78 is 63.5. The minimum Gasteiger partial charge on any atom is -0.506 e. The van der Waals surface area contributed by atoms with E-state index < -0.39 is 30.4 Å². The van der Waals surface area contributed by atoms with Gasteiger partial charge in [0.1, 0.15) is 5.75 Å². The van der Waals surface area contributed by atoms with Crippen LogP contribution in [-0.2, 0) is 22.4 Å². The molecule has 2 aromatic heterocycles. The van der Waals surface area contributed by atoms with Crippen LogP contribution in [0.5, 0.6) is 5.75 Å². The molecule has 0 fully saturated rings. The average Bonchev–Trinajstić information content (AvgIpc) is 3.27. The number of halogens is 6. The first-order chi connectivity index (χ1) is 18.5. The second-order valence-corrected chi connectivity index (χ2v) is 8.45. The summed E-state index contributed by atoms with van der Waals surface area (Å²) in [6.07, 6.45) is -7.09. The van der Waals surface area contributed by atoms with Gasteiger partial charge in [-0.05, 0) is 54.6 Å². The molecule has 0 saturated carbocycles. The highest BCUT2D eigenvalue weighted by molar-refractivity contribution is 5.87. The van der Waals surface area contributed by atoms with Crippen molar-refractivity contribution in [2.24, 2.45) is 5.92 Å². The fourth-order valence-corrected chi connectivity index (χ4v) is 3.73. The van der Waals surface area contributed by atoms with Crippen LogP contribution >= 0.6 is 0 Å². The standard InChI is InChI=1S/C20H21N3O3.2C2HF3O2/c24-17-5-3-14(15-4-6-19(26)23-20(15)17)18(25)11-21-10-12-8-13-2-1-7-22-16(13)9-12;2*3-2(4,5)1(6)7/h1-7,12,18,21,24-25H,8-11H2,(H,23,26);2*(H,6,7)/t12?,18-;;/m0../s1. The molecular weight excluding hydrogens is 556 g/mol. The molecule has 1 aliphatic rings. The van der Waals surface area contributed by atoms with Crippen LogP contribution in [0.25, 0.3) is 10.9 Å². The largest absolute Gasteiger partial charge is 0.506 e. The third kappa shape index (κ3) is 9.23. The number of H-pyrrole nitrogens is 1. The first kappa shape index (κ1) is 32.0. The number of hydrogen-bond acceptors (Lipinski definition) is 7. The third-order valence-electron chi connectivity index (χ3n) is 5.50. The van der Waals surface area contributed by atoms with Crippen LogP contribution in [0.15, 0.2) is 47.4 Å². The fourth-order valence-electron chi connectivity index (χ4n) is 3.73. The first-order valence-corrected chi connectivity index (χ1v) is 11.3. The number of hydrogen-bond donors (Lipinski definition) is 6. The number of aromatic nitrogens is 2. The van der Waals surface area contributed by atoms with E-state index in [0.717, 1.165) is 19.4 Å². The Balaban J connectivity index is 0.000000333. The number of aliphatic hydroxyl groups excluding tert-OH is 1. The number of carbonyl (C=O) groups is 2. The summed E-state index contributed by atoms with van der Waals surface area (Å²) in [7, 11) is 0. The van der Waals surface area contributed by atoms with Crippen LogP contribution in [-0.4, -0.2) is 67.8 Å². The first-order valence-electron chi connectivity index (χ1n) is 11.3. The number of rotatable bonds is 5. The number of benzene rings is 1. The lowest BCUT2D eigenvalue weighted by Gasteiger charge is -2.17. The Morgan fingerprint density at radius 1 is 1.00 bits per heavy atom. The number of phenols is 1. The van der Waals surface area contributed by atoms with Crippen LogP contribution < -0.4 is 10.9 Å². The van der Waals surface area contributed by atoms with Crippen molar-refractivity contribution in [3.8, 4) is 5.75 Å². The van der Waals surface area contributed by atoms with Gasteiger partial charge in [0.2, 0.25) is 5.56 Å². The van der Waals surface area contributed by atoms with E-state index in [1.807, 2.05) is 12.3 Å². The van der Waals surface area contributed by atoms with E-state index in [0.29, 0.717) is 28.9 Å². The van der Waals surface area contributed by atoms with Gasteiger partial charge < -0.3 is 30.7 Å². The number of aliphatic carboxylic acids is 2. The molecule has 0 bridgehead atoms. The molecule has 2 atom stereocenters. The van der Waals surface area contributed by atoms with Crippen LogP contribution in [0.4, 0.5) is 26.3 Å². The number of aromatic amines is 1. The van der Waals surface area contributed by atoms with Crippen molar-refractivity contribution in [2.45, 2.75) is 31.3 Å². The van der Waals surface area contributed by atoms with Gasteiger partial charge in [-0.15, -0.1) is 0 Å². The highest BCUT2D eigenvalue weighted by Gasteiger charge is 2.38. The van der Waals surface area contributed by atoms with Crippen LogP contribution in [0.1, 0.15) is 22.9 Å². The van der Waals surface area contributed by atoms with Crippen molar-refractivity contribution in [1.82, 2.24) is 15.3 Å². The number of aromatic hydroxyl groups is 1. The number of alkyl halides is 6. The lowest BCUT2D eigenvalue weighted by Crippen LogP contribution is -2.28. The molecular formula is C24H23F6N3O7. The van der Waals surface area contributed by atoms with Crippen LogP contribution in [0.2, 0.25) is 0 Å². The van der Waals surface area contributed by atoms with Crippen LogP contribution in [0.3, 0.4) is 0 Å². The smallest absolute Gasteiger partial charge is 0.490 e. The molecule has 6 N–H and O–H groups in total. The number of nitrogens with one attached hydrogen (secondary N) is 2. The zero-order valence-corrected chi connectivity index (χ0v) is 20.3. The van der Waals surface area contributed by atoms with Gasteiger partial charge in [-0.3, -0.25) is 9.78 Å². The van der Waals surface area contributed by atoms with Gasteiger partial charge in [0, 0.05) is 29.9 Å². The summed E-state index contributed by atoms with van der Waals surface area (Å²) in [4.78, 5) is 36.3. The molecule has 1 unspecified atom stereocenters. The predicted molar refractivity (Wildman–Crippen MR) is 127 cm³/mol. The minimum absolute atomic E-state index is 0.00201. The molecule has 2 heterocycles. The van der Waals surface area contributed by atoms with Gasteiger partial charge >= 0.3 is 24.3 Å². The lowest BCUT2D eigenvalue weighted by atomic mass is 10.0. The highest BCUT2D eigenvalue weighted by atomic mass is 19.4. The number of pyridine rings is 2. The second-order valence-electron chi connectivity index (χ2n) is 8.45. The predicted octanol–water partition coefficient (Wildman–Crippen LogP) is 2.93. The maximum absolute atomic E-state index is 11.5. The summed E-state index contributed by atoms with van der Waals surface area (Å²) >= 11 is 0. The fraction of sp³-hybridized carbons (Fsp3) is 0.333. The summed E-state index contributed by atoms with van der Waals surface area (Å²) in [6.45, 7) is 1.21. The Hall–Kier alpha value is -4.18. The van der Waals surface area contributed by atoms with Gasteiger partial charge in [-0.25, -0.2) is 9.59 Å². The molecule has 1 aliphatic carbocycles. The summed E-state index contributed by atoms with van der Waals surface area (Å²) in [6, 6.07) is 10.3. The molecule has 0 spiro atoms. The lowest BCUT2D eigenvalue weighted by molar-refractivity contribution is -0.193. The molecule has 4 rings (SSSR count). The van der Waals surface area contributed by atoms with E-state index in [2.05, 4.69) is 21.4 Å². The van der Waals surface area contributed by atoms with E-state index in [1.165, 1.54) is 23.4 Å². The Morgan fingerprint density at radius 2 is 1.60 bits per heavy atom. The quantitative estimate of drug-likeness (QED) is 0.249. The highest BCUT2D eigenvalue weighted by Crippen LogP contribution is 2.29. The Labute approximate surface area is 220 Å². The van der Waals surface area contributed by atoms with E-state index >= 15 is 0 Å². The third-order valence-corrected chi connectivity index (χ3v) is 5.50. The van der Waals surface area contributed by atoms with Crippen molar-refractivity contribution in [2.75, 3.05) is 13.1 Å². The Bertz CT molecular complexity index is 1340. The second kappa shape index (κ2) is 13.3. The number of phenolic OH excluding ortho intramolecular Hbond substituents is 1. The van der Waals surface area contributed by atoms with Gasteiger partial charge in [0.25, 0.3) is 0 Å². The SMILES string of the molecule is O=C(O)C(F)(F)F.O=C(O)C(F)(F)F.O=c1ccc2c([C@@H](O)CNCC3Cc4cccnc4C3)ccc(O)c2[nH]1. The normalized spacial score (nSPS) is 15.2. The minimum atomic E-state index is -5.08. The Kier molecular flexibility index (Phi) is 10.6. The van der Waals surface area contributed by atoms with Crippen molar-refractivity contribution in [3.05, 3.63) is 69.8 Å². The number of carboxylic acid groups (broad SMARTS) is 2. The molecule has 1 aromatic carbocycles. The molecule has 10 nitrogen and oxygen atoms in total. The summed E-state index contributed by atoms with van der Waals surface area (Å²) in [5.74, 6) is -5.03. The van der Waals surface area contributed by atoms with E-state index in [4.69, 9.17) is 19.8 Å². The molecule has 0 aliphatic heterocycles. The Morgan fingerprint density at radius 3 is 2.15 bits per heavy atom. The maximum Gasteiger partial charge on any atom is 0.490 e. The van der Waals surface area contributed by atoms with Crippen LogP contribution in [0, 0.1) is 5.92 Å². The van der Waals surface area contributed by atoms with Gasteiger partial charge in [0.05, 0.1) is 11.6 Å². The molecule has 0 saturated heterocycles. The molecule has 218 valence electrons. The number of fused-ring (bicyclic) bond motifs is 2. The van der Waals surface area contributed by atoms with E-state index in [1.54, 1.807) is 12.1 Å². The molecule has 3 aromatic rings. The van der Waals surface area contributed by atoms with E-state index in [9.17, 15) is 41.4 Å². The van der Waals surface area contributed by atoms with Crippen molar-refractivity contribution >= 4 is 22.8 Å². The van der Waals surface area contributed by atoms with Crippen molar-refractivity contribution in [3.63, 3.8) is 0 Å². The zero-order valence-electron chi connectivity index (χ0n) is 20.3. The number of nitrogens with zero attached hydrogens (tertiary/aromatic N) is 1. The maximum atomic E-state index is 11.5.